The molecular weight excluding hydrogens is 303 g/mol. The number of halogens is 1. The van der Waals surface area contributed by atoms with Crippen molar-refractivity contribution in [2.24, 2.45) is 0 Å². The van der Waals surface area contributed by atoms with E-state index in [1.807, 2.05) is 32.2 Å². The minimum Gasteiger partial charge on any atom is -0.387 e. The summed E-state index contributed by atoms with van der Waals surface area (Å²) in [5, 5.41) is 5.89. The van der Waals surface area contributed by atoms with E-state index >= 15 is 0 Å². The fourth-order valence-electron chi connectivity index (χ4n) is 1.26. The van der Waals surface area contributed by atoms with Crippen molar-refractivity contribution in [2.45, 2.75) is 13.3 Å². The van der Waals surface area contributed by atoms with Crippen LogP contribution in [0.2, 0.25) is 0 Å². The smallest absolute Gasteiger partial charge is 0.253 e. The molecule has 0 unspecified atom stereocenters. The number of hydrogen-bond donors (Lipinski definition) is 2. The average Bonchev–Trinajstić information content (AvgIpc) is 2.25. The predicted octanol–water partition coefficient (Wildman–Crippen LogP) is 2.47. The van der Waals surface area contributed by atoms with Crippen LogP contribution in [-0.4, -0.2) is 19.5 Å². The Morgan fingerprint density at radius 3 is 2.80 bits per heavy atom. The summed E-state index contributed by atoms with van der Waals surface area (Å²) < 4.78 is 1.11. The molecule has 2 N–H and O–H groups in total. The molecule has 1 aromatic carbocycles. The molecule has 1 amide bonds. The quantitative estimate of drug-likeness (QED) is 0.838. The zero-order valence-corrected chi connectivity index (χ0v) is 11.1. The molecule has 0 atom stereocenters. The molecule has 0 bridgehead atoms. The lowest BCUT2D eigenvalue weighted by Gasteiger charge is -2.09. The van der Waals surface area contributed by atoms with Crippen LogP contribution in [0, 0.1) is 3.57 Å². The van der Waals surface area contributed by atoms with Gasteiger partial charge in [0.2, 0.25) is 0 Å². The summed E-state index contributed by atoms with van der Waals surface area (Å²) in [6, 6.07) is 5.74. The Labute approximate surface area is 104 Å². The summed E-state index contributed by atoms with van der Waals surface area (Å²) in [6.45, 7) is 2.75. The van der Waals surface area contributed by atoms with E-state index in [-0.39, 0.29) is 5.91 Å². The normalized spacial score (nSPS) is 9.80. The second-order valence-electron chi connectivity index (χ2n) is 3.20. The van der Waals surface area contributed by atoms with E-state index in [0.717, 1.165) is 15.7 Å². The zero-order chi connectivity index (χ0) is 11.3. The first-order valence-corrected chi connectivity index (χ1v) is 6.02. The number of carbonyl (C=O) groups is 1. The van der Waals surface area contributed by atoms with Gasteiger partial charge in [0.1, 0.15) is 0 Å². The topological polar surface area (TPSA) is 41.1 Å². The van der Waals surface area contributed by atoms with Crippen molar-refractivity contribution in [1.29, 1.82) is 0 Å². The van der Waals surface area contributed by atoms with Crippen LogP contribution in [0.4, 0.5) is 5.69 Å². The first-order valence-electron chi connectivity index (χ1n) is 4.94. The van der Waals surface area contributed by atoms with Gasteiger partial charge in [0, 0.05) is 22.8 Å². The van der Waals surface area contributed by atoms with Crippen molar-refractivity contribution in [3.05, 3.63) is 27.3 Å². The maximum absolute atomic E-state index is 11.7. The standard InChI is InChI=1S/C11H15IN2O/c1-3-6-14-11(15)9-5-4-8(12)7-10(9)13-2/h4-5,7,13H,3,6H2,1-2H3,(H,14,15). The first kappa shape index (κ1) is 12.3. The lowest BCUT2D eigenvalue weighted by molar-refractivity contribution is 0.0954. The minimum atomic E-state index is -0.0161. The van der Waals surface area contributed by atoms with Crippen LogP contribution in [0.3, 0.4) is 0 Å². The van der Waals surface area contributed by atoms with Gasteiger partial charge < -0.3 is 10.6 Å². The number of anilines is 1. The third kappa shape index (κ3) is 3.37. The Morgan fingerprint density at radius 2 is 2.20 bits per heavy atom. The second-order valence-corrected chi connectivity index (χ2v) is 4.44. The first-order chi connectivity index (χ1) is 7.19. The molecule has 82 valence electrons. The lowest BCUT2D eigenvalue weighted by Crippen LogP contribution is -2.24. The van der Waals surface area contributed by atoms with Gasteiger partial charge in [-0.3, -0.25) is 4.79 Å². The SMILES string of the molecule is CCCNC(=O)c1ccc(I)cc1NC. The molecule has 1 rings (SSSR count). The Kier molecular flexibility index (Phi) is 4.87. The highest BCUT2D eigenvalue weighted by molar-refractivity contribution is 14.1. The fourth-order valence-corrected chi connectivity index (χ4v) is 1.75. The van der Waals surface area contributed by atoms with Gasteiger partial charge >= 0.3 is 0 Å². The minimum absolute atomic E-state index is 0.0161. The summed E-state index contributed by atoms with van der Waals surface area (Å²) in [5.41, 5.74) is 1.57. The number of benzene rings is 1. The molecule has 0 saturated heterocycles. The fraction of sp³-hybridized carbons (Fsp3) is 0.364. The summed E-state index contributed by atoms with van der Waals surface area (Å²) in [7, 11) is 1.82. The molecule has 0 spiro atoms. The van der Waals surface area contributed by atoms with Crippen molar-refractivity contribution >= 4 is 34.2 Å². The number of nitrogens with one attached hydrogen (secondary N) is 2. The maximum atomic E-state index is 11.7. The van der Waals surface area contributed by atoms with Crippen LogP contribution in [0.5, 0.6) is 0 Å². The lowest BCUT2D eigenvalue weighted by atomic mass is 10.1. The highest BCUT2D eigenvalue weighted by Gasteiger charge is 2.09. The molecule has 0 aliphatic carbocycles. The van der Waals surface area contributed by atoms with Crippen molar-refractivity contribution in [3.63, 3.8) is 0 Å². The number of carbonyl (C=O) groups excluding carboxylic acids is 1. The Hall–Kier alpha value is -0.780. The van der Waals surface area contributed by atoms with Crippen molar-refractivity contribution < 1.29 is 4.79 Å². The van der Waals surface area contributed by atoms with Crippen LogP contribution >= 0.6 is 22.6 Å². The van der Waals surface area contributed by atoms with Crippen LogP contribution in [0.25, 0.3) is 0 Å². The van der Waals surface area contributed by atoms with Gasteiger partial charge in [-0.05, 0) is 47.2 Å². The third-order valence-electron chi connectivity index (χ3n) is 2.03. The summed E-state index contributed by atoms with van der Waals surface area (Å²) in [6.07, 6.45) is 0.949. The van der Waals surface area contributed by atoms with Crippen LogP contribution in [0.15, 0.2) is 18.2 Å². The highest BCUT2D eigenvalue weighted by atomic mass is 127. The van der Waals surface area contributed by atoms with Gasteiger partial charge in [-0.1, -0.05) is 6.92 Å². The second kappa shape index (κ2) is 5.95. The van der Waals surface area contributed by atoms with Gasteiger partial charge in [-0.15, -0.1) is 0 Å². The van der Waals surface area contributed by atoms with Crippen LogP contribution in [0.1, 0.15) is 23.7 Å². The van der Waals surface area contributed by atoms with Crippen molar-refractivity contribution in [3.8, 4) is 0 Å². The Bertz CT molecular complexity index is 352. The number of hydrogen-bond acceptors (Lipinski definition) is 2. The van der Waals surface area contributed by atoms with E-state index in [1.54, 1.807) is 0 Å². The molecule has 0 fully saturated rings. The number of amides is 1. The maximum Gasteiger partial charge on any atom is 0.253 e. The molecule has 0 heterocycles. The molecule has 4 heteroatoms. The van der Waals surface area contributed by atoms with Gasteiger partial charge in [-0.25, -0.2) is 0 Å². The van der Waals surface area contributed by atoms with E-state index in [2.05, 4.69) is 33.2 Å². The van der Waals surface area contributed by atoms with Crippen molar-refractivity contribution in [1.82, 2.24) is 5.32 Å². The Balaban J connectivity index is 2.87. The monoisotopic (exact) mass is 318 g/mol. The van der Waals surface area contributed by atoms with Gasteiger partial charge in [0.25, 0.3) is 5.91 Å². The molecule has 0 aliphatic heterocycles. The van der Waals surface area contributed by atoms with Gasteiger partial charge in [0.05, 0.1) is 5.56 Å². The summed E-state index contributed by atoms with van der Waals surface area (Å²) >= 11 is 2.23. The van der Waals surface area contributed by atoms with Gasteiger partial charge in [0.15, 0.2) is 0 Å². The number of rotatable bonds is 4. The van der Waals surface area contributed by atoms with E-state index in [0.29, 0.717) is 12.1 Å². The summed E-state index contributed by atoms with van der Waals surface area (Å²) in [5.74, 6) is -0.0161. The predicted molar refractivity (Wildman–Crippen MR) is 71.3 cm³/mol. The van der Waals surface area contributed by atoms with E-state index in [9.17, 15) is 4.79 Å². The molecule has 15 heavy (non-hydrogen) atoms. The third-order valence-corrected chi connectivity index (χ3v) is 2.70. The largest absolute Gasteiger partial charge is 0.387 e. The summed E-state index contributed by atoms with van der Waals surface area (Å²) in [4.78, 5) is 11.7. The molecule has 3 nitrogen and oxygen atoms in total. The molecule has 0 aliphatic rings. The molecule has 0 radical (unpaired) electrons. The zero-order valence-electron chi connectivity index (χ0n) is 8.93. The van der Waals surface area contributed by atoms with E-state index in [4.69, 9.17) is 0 Å². The van der Waals surface area contributed by atoms with E-state index in [1.165, 1.54) is 0 Å². The molecular formula is C11H15IN2O. The van der Waals surface area contributed by atoms with Crippen LogP contribution in [-0.2, 0) is 0 Å². The molecule has 1 aromatic rings. The van der Waals surface area contributed by atoms with Crippen molar-refractivity contribution in [2.75, 3.05) is 18.9 Å². The van der Waals surface area contributed by atoms with E-state index < -0.39 is 0 Å². The Morgan fingerprint density at radius 1 is 1.47 bits per heavy atom. The molecule has 0 saturated carbocycles. The highest BCUT2D eigenvalue weighted by Crippen LogP contribution is 2.18. The molecule has 0 aromatic heterocycles. The van der Waals surface area contributed by atoms with Crippen LogP contribution < -0.4 is 10.6 Å². The van der Waals surface area contributed by atoms with Gasteiger partial charge in [-0.2, -0.15) is 0 Å². The average molecular weight is 318 g/mol.